The molecule has 7 nitrogen and oxygen atoms in total. The Bertz CT molecular complexity index is 1430. The average molecular weight is 456 g/mol. The molecular weight excluding hydrogens is 430 g/mol. The van der Waals surface area contributed by atoms with E-state index in [1.165, 1.54) is 0 Å². The molecule has 0 saturated carbocycles. The molecule has 4 aromatic rings. The normalized spacial score (nSPS) is 12.1. The van der Waals surface area contributed by atoms with Gasteiger partial charge in [-0.15, -0.1) is 0 Å². The number of urea groups is 1. The second kappa shape index (κ2) is 8.94. The molecule has 34 heavy (non-hydrogen) atoms. The number of carbonyl (C=O) groups is 1. The quantitative estimate of drug-likeness (QED) is 0.438. The number of pyridine rings is 1. The second-order valence-electron chi connectivity index (χ2n) is 8.49. The molecule has 2 N–H and O–H groups in total. The van der Waals surface area contributed by atoms with Gasteiger partial charge >= 0.3 is 6.03 Å². The number of aromatic amines is 1. The number of H-pyrrole nitrogens is 1. The third-order valence-electron chi connectivity index (χ3n) is 6.02. The Kier molecular flexibility index (Phi) is 5.67. The molecule has 1 aromatic heterocycles. The van der Waals surface area contributed by atoms with Gasteiger partial charge in [0.05, 0.1) is 6.54 Å². The first-order chi connectivity index (χ1) is 16.5. The van der Waals surface area contributed by atoms with Crippen molar-refractivity contribution in [3.8, 4) is 11.5 Å². The monoisotopic (exact) mass is 455 g/mol. The van der Waals surface area contributed by atoms with Gasteiger partial charge in [-0.3, -0.25) is 4.79 Å². The minimum absolute atomic E-state index is 0.144. The van der Waals surface area contributed by atoms with Crippen LogP contribution in [0.25, 0.3) is 10.9 Å². The summed E-state index contributed by atoms with van der Waals surface area (Å²) in [7, 11) is 0. The van der Waals surface area contributed by atoms with Crippen molar-refractivity contribution in [2.45, 2.75) is 26.9 Å². The van der Waals surface area contributed by atoms with Gasteiger partial charge in [-0.25, -0.2) is 4.79 Å². The summed E-state index contributed by atoms with van der Waals surface area (Å²) >= 11 is 0. The zero-order valence-corrected chi connectivity index (χ0v) is 19.1. The summed E-state index contributed by atoms with van der Waals surface area (Å²) in [5.74, 6) is 1.33. The van der Waals surface area contributed by atoms with Crippen LogP contribution in [0, 0.1) is 13.8 Å². The van der Waals surface area contributed by atoms with E-state index >= 15 is 0 Å². The van der Waals surface area contributed by atoms with E-state index in [2.05, 4.69) is 16.4 Å². The van der Waals surface area contributed by atoms with Gasteiger partial charge in [0, 0.05) is 23.3 Å². The highest BCUT2D eigenvalue weighted by Crippen LogP contribution is 2.33. The van der Waals surface area contributed by atoms with Crippen LogP contribution >= 0.6 is 0 Å². The van der Waals surface area contributed by atoms with E-state index in [0.29, 0.717) is 29.3 Å². The number of fused-ring (bicyclic) bond motifs is 2. The van der Waals surface area contributed by atoms with Crippen LogP contribution in [0.3, 0.4) is 0 Å². The Morgan fingerprint density at radius 1 is 0.941 bits per heavy atom. The maximum Gasteiger partial charge on any atom is 0.322 e. The molecule has 3 aromatic carbocycles. The molecule has 2 heterocycles. The van der Waals surface area contributed by atoms with Crippen molar-refractivity contribution >= 4 is 22.6 Å². The van der Waals surface area contributed by atoms with Gasteiger partial charge in [-0.05, 0) is 78.4 Å². The Labute approximate surface area is 196 Å². The number of hydrogen-bond donors (Lipinski definition) is 2. The molecule has 0 bridgehead atoms. The fraction of sp³-hybridized carbons (Fsp3) is 0.185. The molecule has 2 amide bonds. The summed E-state index contributed by atoms with van der Waals surface area (Å²) in [5, 5.41) is 3.86. The molecule has 0 saturated heterocycles. The van der Waals surface area contributed by atoms with E-state index in [1.807, 2.05) is 74.5 Å². The van der Waals surface area contributed by atoms with Crippen LogP contribution in [0.5, 0.6) is 11.5 Å². The number of hydrogen-bond acceptors (Lipinski definition) is 4. The number of anilines is 1. The lowest BCUT2D eigenvalue weighted by atomic mass is 10.0. The van der Waals surface area contributed by atoms with Crippen molar-refractivity contribution in [1.29, 1.82) is 0 Å². The SMILES string of the molecule is Cc1cc2cc(CN(Cc3ccc4c(c3)OCO4)C(=O)Nc3ccccc3)c(=O)[nH]c2cc1C. The molecule has 1 aliphatic rings. The summed E-state index contributed by atoms with van der Waals surface area (Å²) in [5.41, 5.74) is 4.90. The second-order valence-corrected chi connectivity index (χ2v) is 8.49. The van der Waals surface area contributed by atoms with Crippen molar-refractivity contribution in [2.75, 3.05) is 12.1 Å². The van der Waals surface area contributed by atoms with Gasteiger partial charge in [0.2, 0.25) is 6.79 Å². The third kappa shape index (κ3) is 4.45. The predicted octanol–water partition coefficient (Wildman–Crippen LogP) is 5.11. The molecule has 0 aliphatic carbocycles. The van der Waals surface area contributed by atoms with E-state index in [0.717, 1.165) is 27.6 Å². The van der Waals surface area contributed by atoms with Crippen LogP contribution in [-0.2, 0) is 13.1 Å². The Hall–Kier alpha value is -4.26. The molecule has 1 aliphatic heterocycles. The number of para-hydroxylation sites is 1. The molecule has 0 fully saturated rings. The predicted molar refractivity (Wildman–Crippen MR) is 131 cm³/mol. The zero-order chi connectivity index (χ0) is 23.7. The van der Waals surface area contributed by atoms with Crippen molar-refractivity contribution < 1.29 is 14.3 Å². The fourth-order valence-electron chi connectivity index (χ4n) is 4.03. The van der Waals surface area contributed by atoms with Crippen LogP contribution in [0.2, 0.25) is 0 Å². The molecule has 0 unspecified atom stereocenters. The standard InChI is InChI=1S/C27H25N3O4/c1-17-10-20-13-21(26(31)29-23(20)11-18(17)2)15-30(27(32)28-22-6-4-3-5-7-22)14-19-8-9-24-25(12-19)34-16-33-24/h3-13H,14-16H2,1-2H3,(H,28,32)(H,29,31). The first-order valence-electron chi connectivity index (χ1n) is 11.1. The summed E-state index contributed by atoms with van der Waals surface area (Å²) < 4.78 is 10.9. The molecular formula is C27H25N3O4. The highest BCUT2D eigenvalue weighted by Gasteiger charge is 2.20. The van der Waals surface area contributed by atoms with Gasteiger partial charge in [-0.2, -0.15) is 0 Å². The highest BCUT2D eigenvalue weighted by molar-refractivity contribution is 5.89. The topological polar surface area (TPSA) is 83.7 Å². The Morgan fingerprint density at radius 2 is 1.71 bits per heavy atom. The van der Waals surface area contributed by atoms with Gasteiger partial charge in [-0.1, -0.05) is 24.3 Å². The van der Waals surface area contributed by atoms with Gasteiger partial charge < -0.3 is 24.7 Å². The minimum Gasteiger partial charge on any atom is -0.454 e. The van der Waals surface area contributed by atoms with Crippen molar-refractivity contribution in [1.82, 2.24) is 9.88 Å². The largest absolute Gasteiger partial charge is 0.454 e. The van der Waals surface area contributed by atoms with Crippen LogP contribution < -0.4 is 20.3 Å². The van der Waals surface area contributed by atoms with Crippen molar-refractivity contribution in [3.63, 3.8) is 0 Å². The van der Waals surface area contributed by atoms with Crippen LogP contribution in [0.1, 0.15) is 22.3 Å². The van der Waals surface area contributed by atoms with E-state index in [4.69, 9.17) is 9.47 Å². The number of nitrogens with zero attached hydrogens (tertiary/aromatic N) is 1. The van der Waals surface area contributed by atoms with Gasteiger partial charge in [0.15, 0.2) is 11.5 Å². The zero-order valence-electron chi connectivity index (χ0n) is 19.1. The number of aryl methyl sites for hydroxylation is 2. The van der Waals surface area contributed by atoms with Crippen molar-refractivity contribution in [3.05, 3.63) is 99.3 Å². The summed E-state index contributed by atoms with van der Waals surface area (Å²) in [6.07, 6.45) is 0. The maximum absolute atomic E-state index is 13.3. The molecule has 5 rings (SSSR count). The number of benzene rings is 3. The number of nitrogens with one attached hydrogen (secondary N) is 2. The van der Waals surface area contributed by atoms with E-state index in [-0.39, 0.29) is 24.9 Å². The van der Waals surface area contributed by atoms with Crippen LogP contribution in [0.15, 0.2) is 71.5 Å². The third-order valence-corrected chi connectivity index (χ3v) is 6.02. The van der Waals surface area contributed by atoms with Crippen molar-refractivity contribution in [2.24, 2.45) is 0 Å². The summed E-state index contributed by atoms with van der Waals surface area (Å²) in [6, 6.07) is 20.4. The lowest BCUT2D eigenvalue weighted by Gasteiger charge is -2.23. The maximum atomic E-state index is 13.3. The Morgan fingerprint density at radius 3 is 2.53 bits per heavy atom. The first-order valence-corrected chi connectivity index (χ1v) is 11.1. The first kappa shape index (κ1) is 21.6. The summed E-state index contributed by atoms with van der Waals surface area (Å²) in [6.45, 7) is 4.67. The van der Waals surface area contributed by atoms with E-state index in [1.54, 1.807) is 4.90 Å². The molecule has 0 atom stereocenters. The summed E-state index contributed by atoms with van der Waals surface area (Å²) in [4.78, 5) is 30.8. The fourth-order valence-corrected chi connectivity index (χ4v) is 4.03. The van der Waals surface area contributed by atoms with Crippen LogP contribution in [0.4, 0.5) is 10.5 Å². The number of ether oxygens (including phenoxy) is 2. The highest BCUT2D eigenvalue weighted by atomic mass is 16.7. The molecule has 0 radical (unpaired) electrons. The number of aromatic nitrogens is 1. The van der Waals surface area contributed by atoms with Gasteiger partial charge in [0.1, 0.15) is 0 Å². The van der Waals surface area contributed by atoms with Crippen LogP contribution in [-0.4, -0.2) is 22.7 Å². The Balaban J connectivity index is 1.47. The smallest absolute Gasteiger partial charge is 0.322 e. The van der Waals surface area contributed by atoms with E-state index < -0.39 is 0 Å². The number of carbonyl (C=O) groups excluding carboxylic acids is 1. The lowest BCUT2D eigenvalue weighted by molar-refractivity contribution is 0.174. The van der Waals surface area contributed by atoms with E-state index in [9.17, 15) is 9.59 Å². The lowest BCUT2D eigenvalue weighted by Crippen LogP contribution is -2.35. The molecule has 0 spiro atoms. The number of amides is 2. The molecule has 7 heteroatoms. The molecule has 172 valence electrons. The minimum atomic E-state index is -0.302. The van der Waals surface area contributed by atoms with Gasteiger partial charge in [0.25, 0.3) is 5.56 Å². The average Bonchev–Trinajstić information content (AvgIpc) is 3.29. The number of rotatable bonds is 5.